The second-order valence-electron chi connectivity index (χ2n) is 4.09. The van der Waals surface area contributed by atoms with Crippen LogP contribution in [0.2, 0.25) is 0 Å². The average Bonchev–Trinajstić information content (AvgIpc) is 2.73. The Hall–Kier alpha value is -0.550. The quantitative estimate of drug-likeness (QED) is 0.785. The SMILES string of the molecule is CCCNC(CCc1cccs1)CC(F)(F)F. The molecule has 1 aromatic rings. The normalized spacial score (nSPS) is 13.9. The van der Waals surface area contributed by atoms with Gasteiger partial charge in [-0.15, -0.1) is 11.3 Å². The zero-order valence-electron chi connectivity index (χ0n) is 9.89. The van der Waals surface area contributed by atoms with E-state index in [9.17, 15) is 13.2 Å². The molecule has 0 bridgehead atoms. The third kappa shape index (κ3) is 6.68. The van der Waals surface area contributed by atoms with Crippen molar-refractivity contribution < 1.29 is 13.2 Å². The van der Waals surface area contributed by atoms with Crippen LogP contribution in [0, 0.1) is 0 Å². The molecule has 1 unspecified atom stereocenters. The molecule has 1 heterocycles. The molecular formula is C12H18F3NS. The maximum atomic E-state index is 12.4. The summed E-state index contributed by atoms with van der Waals surface area (Å²) in [5.41, 5.74) is 0. The van der Waals surface area contributed by atoms with Gasteiger partial charge in [-0.25, -0.2) is 0 Å². The number of alkyl halides is 3. The fourth-order valence-electron chi connectivity index (χ4n) is 1.68. The molecule has 0 fully saturated rings. The van der Waals surface area contributed by atoms with Crippen LogP contribution < -0.4 is 5.32 Å². The van der Waals surface area contributed by atoms with Crippen molar-refractivity contribution in [3.63, 3.8) is 0 Å². The van der Waals surface area contributed by atoms with E-state index in [0.717, 1.165) is 17.7 Å². The van der Waals surface area contributed by atoms with Crippen LogP contribution in [0.1, 0.15) is 31.1 Å². The minimum Gasteiger partial charge on any atom is -0.314 e. The molecule has 0 aromatic carbocycles. The van der Waals surface area contributed by atoms with Crippen molar-refractivity contribution in [2.45, 2.75) is 44.8 Å². The third-order valence-electron chi connectivity index (χ3n) is 2.48. The summed E-state index contributed by atoms with van der Waals surface area (Å²) in [6.45, 7) is 2.60. The molecule has 17 heavy (non-hydrogen) atoms. The summed E-state index contributed by atoms with van der Waals surface area (Å²) in [7, 11) is 0. The van der Waals surface area contributed by atoms with Gasteiger partial charge in [0.1, 0.15) is 0 Å². The van der Waals surface area contributed by atoms with Crippen LogP contribution in [0.3, 0.4) is 0 Å². The molecule has 1 aromatic heterocycles. The second-order valence-corrected chi connectivity index (χ2v) is 5.12. The van der Waals surface area contributed by atoms with E-state index in [1.54, 1.807) is 11.3 Å². The maximum Gasteiger partial charge on any atom is 0.390 e. The van der Waals surface area contributed by atoms with E-state index < -0.39 is 18.6 Å². The Morgan fingerprint density at radius 3 is 2.71 bits per heavy atom. The van der Waals surface area contributed by atoms with Crippen LogP contribution in [0.5, 0.6) is 0 Å². The highest BCUT2D eigenvalue weighted by molar-refractivity contribution is 7.09. The molecule has 1 nitrogen and oxygen atoms in total. The molecule has 0 spiro atoms. The Morgan fingerprint density at radius 1 is 1.41 bits per heavy atom. The highest BCUT2D eigenvalue weighted by Crippen LogP contribution is 2.24. The molecule has 0 aliphatic rings. The summed E-state index contributed by atoms with van der Waals surface area (Å²) in [4.78, 5) is 1.15. The molecule has 0 saturated carbocycles. The van der Waals surface area contributed by atoms with E-state index in [4.69, 9.17) is 0 Å². The van der Waals surface area contributed by atoms with Crippen molar-refractivity contribution in [1.82, 2.24) is 5.32 Å². The number of thiophene rings is 1. The molecule has 0 amide bonds. The molecule has 1 N–H and O–H groups in total. The molecule has 1 atom stereocenters. The summed E-state index contributed by atoms with van der Waals surface area (Å²) in [5, 5.41) is 4.92. The summed E-state index contributed by atoms with van der Waals surface area (Å²) in [6.07, 6.45) is -2.71. The van der Waals surface area contributed by atoms with Crippen LogP contribution in [-0.2, 0) is 6.42 Å². The van der Waals surface area contributed by atoms with E-state index in [-0.39, 0.29) is 0 Å². The first-order valence-corrected chi connectivity index (χ1v) is 6.71. The number of rotatable bonds is 7. The van der Waals surface area contributed by atoms with Gasteiger partial charge < -0.3 is 5.32 Å². The fourth-order valence-corrected chi connectivity index (χ4v) is 2.40. The van der Waals surface area contributed by atoms with Crippen LogP contribution in [0.15, 0.2) is 17.5 Å². The molecule has 1 rings (SSSR count). The minimum absolute atomic E-state index is 0.461. The Kier molecular flexibility index (Phi) is 5.98. The number of halogens is 3. The van der Waals surface area contributed by atoms with E-state index in [2.05, 4.69) is 5.32 Å². The van der Waals surface area contributed by atoms with E-state index >= 15 is 0 Å². The summed E-state index contributed by atoms with van der Waals surface area (Å²) in [6, 6.07) is 3.44. The molecule has 5 heteroatoms. The number of hydrogen-bond donors (Lipinski definition) is 1. The smallest absolute Gasteiger partial charge is 0.314 e. The van der Waals surface area contributed by atoms with Gasteiger partial charge in [0.2, 0.25) is 0 Å². The van der Waals surface area contributed by atoms with Gasteiger partial charge in [-0.3, -0.25) is 0 Å². The molecule has 0 radical (unpaired) electrons. The van der Waals surface area contributed by atoms with Gasteiger partial charge in [0.05, 0.1) is 6.42 Å². The van der Waals surface area contributed by atoms with Gasteiger partial charge in [0.15, 0.2) is 0 Å². The Labute approximate surface area is 104 Å². The van der Waals surface area contributed by atoms with Crippen LogP contribution in [-0.4, -0.2) is 18.8 Å². The fraction of sp³-hybridized carbons (Fsp3) is 0.667. The van der Waals surface area contributed by atoms with Crippen molar-refractivity contribution in [1.29, 1.82) is 0 Å². The van der Waals surface area contributed by atoms with Crippen molar-refractivity contribution in [3.8, 4) is 0 Å². The lowest BCUT2D eigenvalue weighted by Crippen LogP contribution is -2.34. The molecular weight excluding hydrogens is 247 g/mol. The molecule has 0 saturated heterocycles. The first-order valence-electron chi connectivity index (χ1n) is 5.84. The van der Waals surface area contributed by atoms with Gasteiger partial charge >= 0.3 is 6.18 Å². The van der Waals surface area contributed by atoms with Crippen molar-refractivity contribution in [2.75, 3.05) is 6.54 Å². The summed E-state index contributed by atoms with van der Waals surface area (Å²) < 4.78 is 37.1. The summed E-state index contributed by atoms with van der Waals surface area (Å²) in [5.74, 6) is 0. The average molecular weight is 265 g/mol. The second kappa shape index (κ2) is 7.01. The van der Waals surface area contributed by atoms with Crippen molar-refractivity contribution in [2.24, 2.45) is 0 Å². The standard InChI is InChI=1S/C12H18F3NS/c1-2-7-16-10(9-12(13,14)15)5-6-11-4-3-8-17-11/h3-4,8,10,16H,2,5-7,9H2,1H3. The lowest BCUT2D eigenvalue weighted by Gasteiger charge is -2.19. The molecule has 0 aliphatic carbocycles. The highest BCUT2D eigenvalue weighted by Gasteiger charge is 2.31. The minimum atomic E-state index is -4.08. The Bertz CT molecular complexity index is 295. The molecule has 0 aliphatic heterocycles. The zero-order chi connectivity index (χ0) is 12.7. The third-order valence-corrected chi connectivity index (χ3v) is 3.42. The van der Waals surface area contributed by atoms with Gasteiger partial charge in [0, 0.05) is 10.9 Å². The number of hydrogen-bond acceptors (Lipinski definition) is 2. The lowest BCUT2D eigenvalue weighted by atomic mass is 10.1. The Balaban J connectivity index is 2.39. The first kappa shape index (κ1) is 14.5. The van der Waals surface area contributed by atoms with Crippen molar-refractivity contribution in [3.05, 3.63) is 22.4 Å². The highest BCUT2D eigenvalue weighted by atomic mass is 32.1. The number of nitrogens with one attached hydrogen (secondary N) is 1. The summed E-state index contributed by atoms with van der Waals surface area (Å²) >= 11 is 1.60. The predicted octanol–water partition coefficient (Wildman–Crippen LogP) is 4.00. The van der Waals surface area contributed by atoms with Gasteiger partial charge in [-0.2, -0.15) is 13.2 Å². The monoisotopic (exact) mass is 265 g/mol. The van der Waals surface area contributed by atoms with E-state index in [1.165, 1.54) is 0 Å². The Morgan fingerprint density at radius 2 is 2.18 bits per heavy atom. The van der Waals surface area contributed by atoms with Gasteiger partial charge in [-0.1, -0.05) is 13.0 Å². The predicted molar refractivity (Wildman–Crippen MR) is 65.4 cm³/mol. The van der Waals surface area contributed by atoms with Gasteiger partial charge in [-0.05, 0) is 37.3 Å². The topological polar surface area (TPSA) is 12.0 Å². The largest absolute Gasteiger partial charge is 0.390 e. The number of aryl methyl sites for hydroxylation is 1. The van der Waals surface area contributed by atoms with E-state index in [1.807, 2.05) is 24.4 Å². The zero-order valence-corrected chi connectivity index (χ0v) is 10.7. The van der Waals surface area contributed by atoms with Gasteiger partial charge in [0.25, 0.3) is 0 Å². The van der Waals surface area contributed by atoms with Crippen LogP contribution in [0.4, 0.5) is 13.2 Å². The van der Waals surface area contributed by atoms with E-state index in [0.29, 0.717) is 13.0 Å². The first-order chi connectivity index (χ1) is 8.01. The lowest BCUT2D eigenvalue weighted by molar-refractivity contribution is -0.140. The van der Waals surface area contributed by atoms with Crippen LogP contribution >= 0.6 is 11.3 Å². The maximum absolute atomic E-state index is 12.4. The van der Waals surface area contributed by atoms with Crippen LogP contribution in [0.25, 0.3) is 0 Å². The van der Waals surface area contributed by atoms with Crippen molar-refractivity contribution >= 4 is 11.3 Å². The molecule has 98 valence electrons.